The fourth-order valence-corrected chi connectivity index (χ4v) is 1.88. The molecule has 0 aliphatic carbocycles. The number of carbonyl (C=O) groups is 2. The third kappa shape index (κ3) is 4.94. The van der Waals surface area contributed by atoms with Gasteiger partial charge in [-0.15, -0.1) is 0 Å². The maximum atomic E-state index is 13.2. The molecule has 0 saturated carbocycles. The molecule has 1 unspecified atom stereocenters. The molecule has 1 rings (SSSR count). The van der Waals surface area contributed by atoms with Gasteiger partial charge in [-0.3, -0.25) is 0 Å². The second kappa shape index (κ2) is 6.17. The van der Waals surface area contributed by atoms with E-state index in [-0.39, 0.29) is 12.4 Å². The summed E-state index contributed by atoms with van der Waals surface area (Å²) in [6.07, 6.45) is -5.82. The average molecular weight is 335 g/mol. The Hall–Kier alpha value is -2.12. The molecule has 0 heterocycles. The van der Waals surface area contributed by atoms with E-state index >= 15 is 0 Å². The topological polar surface area (TPSA) is 55.4 Å². The highest BCUT2D eigenvalue weighted by molar-refractivity contribution is 5.78. The molecular weight excluding hydrogens is 318 g/mol. The van der Waals surface area contributed by atoms with Gasteiger partial charge >= 0.3 is 12.3 Å². The lowest BCUT2D eigenvalue weighted by atomic mass is 9.89. The van der Waals surface area contributed by atoms with E-state index in [0.29, 0.717) is 0 Å². The monoisotopic (exact) mass is 335 g/mol. The van der Waals surface area contributed by atoms with Crippen LogP contribution in [0.1, 0.15) is 38.8 Å². The predicted octanol–water partition coefficient (Wildman–Crippen LogP) is 3.78. The Balaban J connectivity index is 3.29. The second-order valence-corrected chi connectivity index (χ2v) is 6.13. The Morgan fingerprint density at radius 1 is 1.13 bits per heavy atom. The number of alkyl carbamates (subject to hydrolysis) is 1. The van der Waals surface area contributed by atoms with Crippen molar-refractivity contribution in [2.45, 2.75) is 45.0 Å². The summed E-state index contributed by atoms with van der Waals surface area (Å²) in [5, 5.41) is 2.10. The van der Waals surface area contributed by atoms with Crippen molar-refractivity contribution < 1.29 is 31.9 Å². The number of nitrogens with one attached hydrogen (secondary N) is 1. The van der Waals surface area contributed by atoms with Crippen LogP contribution < -0.4 is 5.32 Å². The Kier molecular flexibility index (Phi) is 5.08. The highest BCUT2D eigenvalue weighted by Gasteiger charge is 2.41. The van der Waals surface area contributed by atoms with Gasteiger partial charge in [0.25, 0.3) is 0 Å². The first-order chi connectivity index (χ1) is 10.3. The van der Waals surface area contributed by atoms with Gasteiger partial charge in [-0.2, -0.15) is 13.2 Å². The van der Waals surface area contributed by atoms with E-state index in [1.54, 1.807) is 20.8 Å². The average Bonchev–Trinajstić information content (AvgIpc) is 2.34. The maximum absolute atomic E-state index is 13.2. The predicted molar refractivity (Wildman–Crippen MR) is 74.2 cm³/mol. The Morgan fingerprint density at radius 3 is 2.13 bits per heavy atom. The lowest BCUT2D eigenvalue weighted by Gasteiger charge is -2.29. The smallest absolute Gasteiger partial charge is 0.416 e. The number of alkyl halides is 3. The van der Waals surface area contributed by atoms with Crippen LogP contribution in [0.15, 0.2) is 18.2 Å². The molecular formula is C15H17F4NO3. The molecule has 1 N–H and O–H groups in total. The fraction of sp³-hybridized carbons (Fsp3) is 0.467. The van der Waals surface area contributed by atoms with Gasteiger partial charge in [0.2, 0.25) is 0 Å². The molecule has 0 spiro atoms. The summed E-state index contributed by atoms with van der Waals surface area (Å²) in [7, 11) is 0. The molecule has 0 radical (unpaired) electrons. The van der Waals surface area contributed by atoms with Crippen LogP contribution in [0.25, 0.3) is 0 Å². The number of rotatable bonds is 3. The number of amides is 1. The number of halogens is 4. The molecule has 0 bridgehead atoms. The van der Waals surface area contributed by atoms with E-state index in [9.17, 15) is 27.2 Å². The van der Waals surface area contributed by atoms with Crippen LogP contribution in [0.2, 0.25) is 0 Å². The number of hydrogen-bond acceptors (Lipinski definition) is 3. The van der Waals surface area contributed by atoms with Crippen molar-refractivity contribution in [3.05, 3.63) is 35.1 Å². The number of benzene rings is 1. The molecule has 0 aromatic heterocycles. The summed E-state index contributed by atoms with van der Waals surface area (Å²) in [6, 6.07) is 1.86. The van der Waals surface area contributed by atoms with Crippen molar-refractivity contribution in [3.63, 3.8) is 0 Å². The van der Waals surface area contributed by atoms with Gasteiger partial charge in [-0.05, 0) is 45.4 Å². The van der Waals surface area contributed by atoms with Gasteiger partial charge in [0.05, 0.1) is 5.56 Å². The molecule has 0 fully saturated rings. The van der Waals surface area contributed by atoms with E-state index in [1.165, 1.54) is 0 Å². The zero-order valence-electron chi connectivity index (χ0n) is 13.0. The quantitative estimate of drug-likeness (QED) is 0.675. The second-order valence-electron chi connectivity index (χ2n) is 6.13. The largest absolute Gasteiger partial charge is 0.444 e. The normalized spacial score (nSPS) is 14.8. The molecule has 1 aromatic rings. The van der Waals surface area contributed by atoms with Crippen LogP contribution in [0.5, 0.6) is 0 Å². The Labute approximate surface area is 130 Å². The molecule has 1 amide bonds. The zero-order valence-corrected chi connectivity index (χ0v) is 13.0. The van der Waals surface area contributed by atoms with E-state index < -0.39 is 40.4 Å². The zero-order chi connectivity index (χ0) is 18.1. The standard InChI is InChI=1S/C15H17F4NO3/c1-13(2,3)23-12(22)20-14(4,8-21)10-6-5-9(16)7-11(10)15(17,18)19/h5-8H,1-4H3,(H,20,22). The summed E-state index contributed by atoms with van der Waals surface area (Å²) in [6.45, 7) is 5.75. The first-order valence-corrected chi connectivity index (χ1v) is 6.63. The van der Waals surface area contributed by atoms with Gasteiger partial charge in [0.1, 0.15) is 23.2 Å². The van der Waals surface area contributed by atoms with Crippen molar-refractivity contribution in [2.75, 3.05) is 0 Å². The first-order valence-electron chi connectivity index (χ1n) is 6.63. The van der Waals surface area contributed by atoms with E-state index in [4.69, 9.17) is 4.74 Å². The molecule has 0 saturated heterocycles. The SMILES string of the molecule is CC(C)(C)OC(=O)NC(C)(C=O)c1ccc(F)cc1C(F)(F)F. The van der Waals surface area contributed by atoms with Gasteiger partial charge in [0, 0.05) is 0 Å². The van der Waals surface area contributed by atoms with Crippen molar-refractivity contribution in [2.24, 2.45) is 0 Å². The van der Waals surface area contributed by atoms with Crippen molar-refractivity contribution in [1.29, 1.82) is 0 Å². The van der Waals surface area contributed by atoms with E-state index in [0.717, 1.165) is 19.1 Å². The molecule has 23 heavy (non-hydrogen) atoms. The first kappa shape index (κ1) is 18.9. The van der Waals surface area contributed by atoms with Gasteiger partial charge in [0.15, 0.2) is 0 Å². The van der Waals surface area contributed by atoms with Gasteiger partial charge < -0.3 is 14.8 Å². The van der Waals surface area contributed by atoms with E-state index in [2.05, 4.69) is 5.32 Å². The van der Waals surface area contributed by atoms with Crippen LogP contribution >= 0.6 is 0 Å². The molecule has 1 atom stereocenters. The van der Waals surface area contributed by atoms with Crippen molar-refractivity contribution >= 4 is 12.4 Å². The van der Waals surface area contributed by atoms with E-state index in [1.807, 2.05) is 0 Å². The molecule has 0 aliphatic heterocycles. The fourth-order valence-electron chi connectivity index (χ4n) is 1.88. The van der Waals surface area contributed by atoms with Crippen LogP contribution in [0.4, 0.5) is 22.4 Å². The summed E-state index contributed by atoms with van der Waals surface area (Å²) in [4.78, 5) is 23.1. The lowest BCUT2D eigenvalue weighted by molar-refractivity contribution is -0.139. The van der Waals surface area contributed by atoms with Crippen LogP contribution in [-0.2, 0) is 21.2 Å². The molecule has 4 nitrogen and oxygen atoms in total. The van der Waals surface area contributed by atoms with Crippen molar-refractivity contribution in [1.82, 2.24) is 5.32 Å². The molecule has 8 heteroatoms. The Morgan fingerprint density at radius 2 is 1.70 bits per heavy atom. The third-order valence-corrected chi connectivity index (χ3v) is 2.84. The minimum Gasteiger partial charge on any atom is -0.444 e. The van der Waals surface area contributed by atoms with Crippen LogP contribution in [-0.4, -0.2) is 18.0 Å². The highest BCUT2D eigenvalue weighted by atomic mass is 19.4. The highest BCUT2D eigenvalue weighted by Crippen LogP contribution is 2.36. The van der Waals surface area contributed by atoms with Gasteiger partial charge in [-0.25, -0.2) is 9.18 Å². The van der Waals surface area contributed by atoms with Crippen LogP contribution in [0.3, 0.4) is 0 Å². The van der Waals surface area contributed by atoms with Crippen LogP contribution in [0, 0.1) is 5.82 Å². The third-order valence-electron chi connectivity index (χ3n) is 2.84. The molecule has 128 valence electrons. The minimum absolute atomic E-state index is 0.138. The van der Waals surface area contributed by atoms with Gasteiger partial charge in [-0.1, -0.05) is 6.07 Å². The van der Waals surface area contributed by atoms with Crippen molar-refractivity contribution in [3.8, 4) is 0 Å². The summed E-state index contributed by atoms with van der Waals surface area (Å²) < 4.78 is 57.3. The lowest BCUT2D eigenvalue weighted by Crippen LogP contribution is -2.47. The summed E-state index contributed by atoms with van der Waals surface area (Å²) >= 11 is 0. The Bertz CT molecular complexity index is 608. The summed E-state index contributed by atoms with van der Waals surface area (Å²) in [5.41, 5.74) is -4.85. The number of aldehydes is 1. The number of hydrogen-bond donors (Lipinski definition) is 1. The number of carbonyl (C=O) groups excluding carboxylic acids is 2. The molecule has 1 aromatic carbocycles. The molecule has 0 aliphatic rings. The minimum atomic E-state index is -4.89. The number of ether oxygens (including phenoxy) is 1. The maximum Gasteiger partial charge on any atom is 0.416 e. The summed E-state index contributed by atoms with van der Waals surface area (Å²) in [5.74, 6) is -1.11.